The maximum absolute atomic E-state index is 12.9. The number of nitrogens with zero attached hydrogens (tertiary/aromatic N) is 6. The van der Waals surface area contributed by atoms with Crippen LogP contribution in [0.1, 0.15) is 40.9 Å². The lowest BCUT2D eigenvalue weighted by atomic mass is 10.1. The van der Waals surface area contributed by atoms with E-state index in [4.69, 9.17) is 11.6 Å². The zero-order valence-corrected chi connectivity index (χ0v) is 20.4. The monoisotopic (exact) mass is 474 g/mol. The number of halogens is 1. The predicted octanol–water partition coefficient (Wildman–Crippen LogP) is 5.02. The molecule has 0 saturated heterocycles. The third kappa shape index (κ3) is 5.10. The van der Waals surface area contributed by atoms with E-state index in [1.54, 1.807) is 39.8 Å². The molecule has 0 bridgehead atoms. The van der Waals surface area contributed by atoms with E-state index in [1.165, 1.54) is 11.9 Å². The molecule has 7 nitrogen and oxygen atoms in total. The first kappa shape index (κ1) is 23.4. The van der Waals surface area contributed by atoms with Crippen LogP contribution in [0.3, 0.4) is 0 Å². The van der Waals surface area contributed by atoms with Gasteiger partial charge in [0.2, 0.25) is 5.91 Å². The minimum Gasteiger partial charge on any atom is -0.335 e. The first-order chi connectivity index (χ1) is 16.3. The zero-order valence-electron chi connectivity index (χ0n) is 19.7. The molecule has 0 fully saturated rings. The molecule has 174 valence electrons. The standard InChI is InChI=1S/C26H27ClN6O/c1-18-5-7-21(8-6-18)15-32-26(27)24(19(2)30-32)13-14-25(34)31(4)20(3)22-9-11-23(12-10-22)33-17-28-16-29-33/h5-14,16-17,20H,15H2,1-4H3/b14-13+. The van der Waals surface area contributed by atoms with Gasteiger partial charge in [0, 0.05) is 18.7 Å². The highest BCUT2D eigenvalue weighted by Gasteiger charge is 2.17. The van der Waals surface area contributed by atoms with E-state index >= 15 is 0 Å². The highest BCUT2D eigenvalue weighted by Crippen LogP contribution is 2.24. The smallest absolute Gasteiger partial charge is 0.246 e. The Labute approximate surface area is 204 Å². The molecule has 34 heavy (non-hydrogen) atoms. The van der Waals surface area contributed by atoms with Gasteiger partial charge in [0.25, 0.3) is 0 Å². The second-order valence-electron chi connectivity index (χ2n) is 8.32. The van der Waals surface area contributed by atoms with Gasteiger partial charge >= 0.3 is 0 Å². The molecule has 0 N–H and O–H groups in total. The molecule has 4 aromatic rings. The second kappa shape index (κ2) is 10.1. The van der Waals surface area contributed by atoms with E-state index in [0.717, 1.165) is 28.1 Å². The van der Waals surface area contributed by atoms with E-state index in [1.807, 2.05) is 38.1 Å². The molecule has 4 rings (SSSR count). The average molecular weight is 475 g/mol. The summed E-state index contributed by atoms with van der Waals surface area (Å²) in [5.41, 5.74) is 5.78. The highest BCUT2D eigenvalue weighted by molar-refractivity contribution is 6.31. The minimum absolute atomic E-state index is 0.109. The molecular weight excluding hydrogens is 448 g/mol. The van der Waals surface area contributed by atoms with Gasteiger partial charge in [-0.05, 0) is 50.1 Å². The fourth-order valence-electron chi connectivity index (χ4n) is 3.66. The van der Waals surface area contributed by atoms with Crippen molar-refractivity contribution in [1.29, 1.82) is 0 Å². The average Bonchev–Trinajstić information content (AvgIpc) is 3.47. The number of aryl methyl sites for hydroxylation is 2. The molecule has 0 aliphatic carbocycles. The van der Waals surface area contributed by atoms with Gasteiger partial charge < -0.3 is 4.90 Å². The Balaban J connectivity index is 1.44. The molecule has 1 unspecified atom stereocenters. The third-order valence-corrected chi connectivity index (χ3v) is 6.34. The Hall–Kier alpha value is -3.71. The van der Waals surface area contributed by atoms with Crippen LogP contribution < -0.4 is 0 Å². The van der Waals surface area contributed by atoms with Gasteiger partial charge in [0.15, 0.2) is 0 Å². The molecule has 0 aliphatic heterocycles. The molecule has 2 aromatic carbocycles. The van der Waals surface area contributed by atoms with E-state index in [-0.39, 0.29) is 11.9 Å². The number of hydrogen-bond acceptors (Lipinski definition) is 4. The maximum atomic E-state index is 12.9. The van der Waals surface area contributed by atoms with Gasteiger partial charge in [0.05, 0.1) is 24.0 Å². The lowest BCUT2D eigenvalue weighted by Crippen LogP contribution is -2.28. The highest BCUT2D eigenvalue weighted by atomic mass is 35.5. The van der Waals surface area contributed by atoms with E-state index in [9.17, 15) is 4.79 Å². The largest absolute Gasteiger partial charge is 0.335 e. The first-order valence-electron chi connectivity index (χ1n) is 11.0. The number of rotatable bonds is 7. The van der Waals surface area contributed by atoms with Crippen molar-refractivity contribution in [2.75, 3.05) is 7.05 Å². The predicted molar refractivity (Wildman–Crippen MR) is 134 cm³/mol. The molecule has 2 aromatic heterocycles. The van der Waals surface area contributed by atoms with E-state index < -0.39 is 0 Å². The van der Waals surface area contributed by atoms with Gasteiger partial charge in [-0.2, -0.15) is 10.2 Å². The Kier molecular flexibility index (Phi) is 6.93. The lowest BCUT2D eigenvalue weighted by Gasteiger charge is -2.24. The van der Waals surface area contributed by atoms with E-state index in [2.05, 4.69) is 46.4 Å². The molecular formula is C26H27ClN6O. The Bertz CT molecular complexity index is 1290. The summed E-state index contributed by atoms with van der Waals surface area (Å²) in [4.78, 5) is 18.5. The molecule has 8 heteroatoms. The van der Waals surface area contributed by atoms with Crippen LogP contribution in [0.4, 0.5) is 0 Å². The summed E-state index contributed by atoms with van der Waals surface area (Å²) in [6.45, 7) is 6.52. The summed E-state index contributed by atoms with van der Waals surface area (Å²) >= 11 is 6.60. The normalized spacial score (nSPS) is 12.3. The number of likely N-dealkylation sites (N-methyl/N-ethyl adjacent to an activating group) is 1. The van der Waals surface area contributed by atoms with Gasteiger partial charge in [-0.3, -0.25) is 4.79 Å². The van der Waals surface area contributed by atoms with Crippen LogP contribution in [-0.2, 0) is 11.3 Å². The van der Waals surface area contributed by atoms with E-state index in [0.29, 0.717) is 11.7 Å². The van der Waals surface area contributed by atoms with Crippen LogP contribution in [0, 0.1) is 13.8 Å². The van der Waals surface area contributed by atoms with Crippen molar-refractivity contribution in [1.82, 2.24) is 29.4 Å². The van der Waals surface area contributed by atoms with Crippen molar-refractivity contribution in [2.45, 2.75) is 33.4 Å². The van der Waals surface area contributed by atoms with Crippen LogP contribution in [0.25, 0.3) is 11.8 Å². The van der Waals surface area contributed by atoms with Crippen LogP contribution in [-0.4, -0.2) is 42.4 Å². The summed E-state index contributed by atoms with van der Waals surface area (Å²) in [7, 11) is 1.79. The first-order valence-corrected chi connectivity index (χ1v) is 11.4. The summed E-state index contributed by atoms with van der Waals surface area (Å²) in [5.74, 6) is -0.116. The maximum Gasteiger partial charge on any atom is 0.246 e. The van der Waals surface area contributed by atoms with Crippen molar-refractivity contribution < 1.29 is 4.79 Å². The number of benzene rings is 2. The number of carbonyl (C=O) groups excluding carboxylic acids is 1. The fourth-order valence-corrected chi connectivity index (χ4v) is 3.96. The van der Waals surface area contributed by atoms with Crippen LogP contribution >= 0.6 is 11.6 Å². The van der Waals surface area contributed by atoms with Gasteiger partial charge in [-0.15, -0.1) is 0 Å². The number of carbonyl (C=O) groups is 1. The molecule has 1 atom stereocenters. The number of aromatic nitrogens is 5. The zero-order chi connectivity index (χ0) is 24.2. The van der Waals surface area contributed by atoms with Crippen LogP contribution in [0.2, 0.25) is 5.15 Å². The molecule has 0 radical (unpaired) electrons. The quantitative estimate of drug-likeness (QED) is 0.353. The van der Waals surface area contributed by atoms with Crippen molar-refractivity contribution in [3.8, 4) is 5.69 Å². The number of hydrogen-bond donors (Lipinski definition) is 0. The minimum atomic E-state index is -0.116. The van der Waals surface area contributed by atoms with Crippen LogP contribution in [0.5, 0.6) is 0 Å². The molecule has 0 spiro atoms. The van der Waals surface area contributed by atoms with Crippen LogP contribution in [0.15, 0.2) is 67.3 Å². The molecule has 0 saturated carbocycles. The Morgan fingerprint density at radius 1 is 1.12 bits per heavy atom. The summed E-state index contributed by atoms with van der Waals surface area (Å²) in [6.07, 6.45) is 6.44. The van der Waals surface area contributed by atoms with Gasteiger partial charge in [-0.25, -0.2) is 14.3 Å². The van der Waals surface area contributed by atoms with Crippen molar-refractivity contribution in [3.63, 3.8) is 0 Å². The Morgan fingerprint density at radius 3 is 2.47 bits per heavy atom. The van der Waals surface area contributed by atoms with Gasteiger partial charge in [0.1, 0.15) is 17.8 Å². The molecule has 0 aliphatic rings. The summed E-state index contributed by atoms with van der Waals surface area (Å²) in [5, 5.41) is 9.21. The summed E-state index contributed by atoms with van der Waals surface area (Å²) < 4.78 is 3.45. The fraction of sp³-hybridized carbons (Fsp3) is 0.231. The topological polar surface area (TPSA) is 68.8 Å². The number of amides is 1. The third-order valence-electron chi connectivity index (χ3n) is 5.94. The van der Waals surface area contributed by atoms with Crippen molar-refractivity contribution in [3.05, 3.63) is 100 Å². The molecule has 2 heterocycles. The molecule has 1 amide bonds. The van der Waals surface area contributed by atoms with Crippen molar-refractivity contribution in [2.24, 2.45) is 0 Å². The Morgan fingerprint density at radius 2 is 1.82 bits per heavy atom. The summed E-state index contributed by atoms with van der Waals surface area (Å²) in [6, 6.07) is 16.1. The second-order valence-corrected chi connectivity index (χ2v) is 8.68. The lowest BCUT2D eigenvalue weighted by molar-refractivity contribution is -0.126. The van der Waals surface area contributed by atoms with Gasteiger partial charge in [-0.1, -0.05) is 53.6 Å². The SMILES string of the molecule is Cc1ccc(Cn2nc(C)c(/C=C/C(=O)N(C)C(C)c3ccc(-n4cncn4)cc3)c2Cl)cc1. The van der Waals surface area contributed by atoms with Crippen molar-refractivity contribution >= 4 is 23.6 Å².